The Morgan fingerprint density at radius 1 is 1.07 bits per heavy atom. The largest absolute Gasteiger partial charge is 0.480 e. The quantitative estimate of drug-likeness (QED) is 0.885. The first-order valence-corrected chi connectivity index (χ1v) is 9.46. The molecule has 2 atom stereocenters. The van der Waals surface area contributed by atoms with E-state index in [2.05, 4.69) is 24.3 Å². The molecule has 2 aliphatic rings. The lowest BCUT2D eigenvalue weighted by Gasteiger charge is -2.24. The molecule has 0 radical (unpaired) electrons. The van der Waals surface area contributed by atoms with E-state index in [-0.39, 0.29) is 18.4 Å². The van der Waals surface area contributed by atoms with Gasteiger partial charge in [0.15, 0.2) is 0 Å². The highest BCUT2D eigenvalue weighted by atomic mass is 16.6. The molecule has 1 fully saturated rings. The molecule has 4 rings (SSSR count). The number of benzene rings is 2. The van der Waals surface area contributed by atoms with Gasteiger partial charge in [0.05, 0.1) is 0 Å². The van der Waals surface area contributed by atoms with Gasteiger partial charge in [0.2, 0.25) is 0 Å². The standard InChI is InChI=1S/C22H23NO4/c1-2-14-11-12-23(20(14)21(24)25)22(26)27-13-19-17-9-5-3-7-15(17)16-8-4-6-10-18(16)19/h3-10,14,19-20H,2,11-13H2,1H3,(H,24,25). The van der Waals surface area contributed by atoms with Gasteiger partial charge in [-0.1, -0.05) is 61.9 Å². The van der Waals surface area contributed by atoms with Crippen LogP contribution in [0.5, 0.6) is 0 Å². The van der Waals surface area contributed by atoms with E-state index >= 15 is 0 Å². The van der Waals surface area contributed by atoms with Gasteiger partial charge in [-0.3, -0.25) is 4.90 Å². The topological polar surface area (TPSA) is 66.8 Å². The normalized spacial score (nSPS) is 21.0. The minimum atomic E-state index is -0.951. The van der Waals surface area contributed by atoms with Crippen LogP contribution in [0.3, 0.4) is 0 Å². The van der Waals surface area contributed by atoms with Crippen LogP contribution in [-0.4, -0.2) is 41.3 Å². The second kappa shape index (κ2) is 7.06. The van der Waals surface area contributed by atoms with Crippen LogP contribution in [0.2, 0.25) is 0 Å². The summed E-state index contributed by atoms with van der Waals surface area (Å²) in [7, 11) is 0. The summed E-state index contributed by atoms with van der Waals surface area (Å²) in [5.74, 6) is -0.981. The zero-order chi connectivity index (χ0) is 19.0. The lowest BCUT2D eigenvalue weighted by Crippen LogP contribution is -2.43. The number of aliphatic carboxylic acids is 1. The summed E-state index contributed by atoms with van der Waals surface area (Å²) in [6.07, 6.45) is 0.919. The summed E-state index contributed by atoms with van der Waals surface area (Å²) in [4.78, 5) is 25.6. The fourth-order valence-electron chi connectivity index (χ4n) is 4.50. The van der Waals surface area contributed by atoms with Crippen molar-refractivity contribution in [3.05, 3.63) is 59.7 Å². The van der Waals surface area contributed by atoms with Crippen LogP contribution in [0.25, 0.3) is 11.1 Å². The smallest absolute Gasteiger partial charge is 0.410 e. The van der Waals surface area contributed by atoms with Crippen molar-refractivity contribution in [1.29, 1.82) is 0 Å². The Kier molecular flexibility index (Phi) is 4.60. The number of carboxylic acid groups (broad SMARTS) is 1. The number of carboxylic acids is 1. The van der Waals surface area contributed by atoms with E-state index in [9.17, 15) is 14.7 Å². The Morgan fingerprint density at radius 3 is 2.22 bits per heavy atom. The SMILES string of the molecule is CCC1CCN(C(=O)OCC2c3ccccc3-c3ccccc32)C1C(=O)O. The molecular weight excluding hydrogens is 342 g/mol. The molecule has 1 N–H and O–H groups in total. The highest BCUT2D eigenvalue weighted by Gasteiger charge is 2.42. The number of fused-ring (bicyclic) bond motifs is 3. The van der Waals surface area contributed by atoms with Gasteiger partial charge in [-0.05, 0) is 34.6 Å². The van der Waals surface area contributed by atoms with E-state index in [0.29, 0.717) is 13.0 Å². The first-order chi connectivity index (χ1) is 13.1. The van der Waals surface area contributed by atoms with Crippen LogP contribution < -0.4 is 0 Å². The Balaban J connectivity index is 1.52. The Labute approximate surface area is 158 Å². The molecule has 0 aromatic heterocycles. The number of nitrogens with zero attached hydrogens (tertiary/aromatic N) is 1. The predicted octanol–water partition coefficient (Wildman–Crippen LogP) is 4.12. The number of hydrogen-bond acceptors (Lipinski definition) is 3. The maximum atomic E-state index is 12.6. The van der Waals surface area contributed by atoms with Gasteiger partial charge in [-0.2, -0.15) is 0 Å². The summed E-state index contributed by atoms with van der Waals surface area (Å²) in [5, 5.41) is 9.52. The van der Waals surface area contributed by atoms with Crippen molar-refractivity contribution in [2.75, 3.05) is 13.2 Å². The van der Waals surface area contributed by atoms with E-state index in [0.717, 1.165) is 17.5 Å². The molecule has 1 heterocycles. The Hall–Kier alpha value is -2.82. The monoisotopic (exact) mass is 365 g/mol. The number of rotatable bonds is 4. The first-order valence-electron chi connectivity index (χ1n) is 9.46. The molecule has 140 valence electrons. The third kappa shape index (κ3) is 2.97. The average Bonchev–Trinajstić information content (AvgIpc) is 3.26. The minimum Gasteiger partial charge on any atom is -0.480 e. The zero-order valence-corrected chi connectivity index (χ0v) is 15.3. The van der Waals surface area contributed by atoms with Crippen LogP contribution in [-0.2, 0) is 9.53 Å². The van der Waals surface area contributed by atoms with E-state index in [4.69, 9.17) is 4.74 Å². The van der Waals surface area contributed by atoms with Crippen molar-refractivity contribution < 1.29 is 19.4 Å². The van der Waals surface area contributed by atoms with Gasteiger partial charge in [0, 0.05) is 12.5 Å². The number of carbonyl (C=O) groups is 2. The minimum absolute atomic E-state index is 0.0111. The number of likely N-dealkylation sites (tertiary alicyclic amines) is 1. The molecule has 2 aromatic rings. The highest BCUT2D eigenvalue weighted by molar-refractivity contribution is 5.82. The second-order valence-corrected chi connectivity index (χ2v) is 7.24. The van der Waals surface area contributed by atoms with E-state index in [1.165, 1.54) is 16.0 Å². The van der Waals surface area contributed by atoms with Gasteiger partial charge < -0.3 is 9.84 Å². The number of hydrogen-bond donors (Lipinski definition) is 1. The van der Waals surface area contributed by atoms with Crippen molar-refractivity contribution in [2.45, 2.75) is 31.7 Å². The third-order valence-corrected chi connectivity index (χ3v) is 5.87. The number of amides is 1. The molecule has 2 unspecified atom stereocenters. The molecule has 0 bridgehead atoms. The molecule has 27 heavy (non-hydrogen) atoms. The molecule has 1 aliphatic carbocycles. The van der Waals surface area contributed by atoms with Crippen LogP contribution in [0.15, 0.2) is 48.5 Å². The molecule has 0 saturated carbocycles. The summed E-state index contributed by atoms with van der Waals surface area (Å²) < 4.78 is 5.62. The highest BCUT2D eigenvalue weighted by Crippen LogP contribution is 2.44. The number of carbonyl (C=O) groups excluding carboxylic acids is 1. The summed E-state index contributed by atoms with van der Waals surface area (Å²) in [5.41, 5.74) is 4.64. The van der Waals surface area contributed by atoms with E-state index in [1.807, 2.05) is 31.2 Å². The van der Waals surface area contributed by atoms with Crippen LogP contribution >= 0.6 is 0 Å². The van der Waals surface area contributed by atoms with Crippen molar-refractivity contribution in [3.8, 4) is 11.1 Å². The molecule has 1 aliphatic heterocycles. The van der Waals surface area contributed by atoms with Crippen LogP contribution in [0.4, 0.5) is 4.79 Å². The van der Waals surface area contributed by atoms with Gasteiger partial charge in [0.25, 0.3) is 0 Å². The predicted molar refractivity (Wildman–Crippen MR) is 102 cm³/mol. The molecule has 1 saturated heterocycles. The molecule has 5 heteroatoms. The van der Waals surface area contributed by atoms with Crippen molar-refractivity contribution >= 4 is 12.1 Å². The van der Waals surface area contributed by atoms with E-state index < -0.39 is 18.1 Å². The first kappa shape index (κ1) is 17.6. The maximum Gasteiger partial charge on any atom is 0.410 e. The number of ether oxygens (including phenoxy) is 1. The molecule has 2 aromatic carbocycles. The van der Waals surface area contributed by atoms with E-state index in [1.54, 1.807) is 0 Å². The van der Waals surface area contributed by atoms with Crippen LogP contribution in [0.1, 0.15) is 36.8 Å². The summed E-state index contributed by atoms with van der Waals surface area (Å²) in [6.45, 7) is 2.61. The van der Waals surface area contributed by atoms with Gasteiger partial charge in [-0.15, -0.1) is 0 Å². The molecule has 0 spiro atoms. The van der Waals surface area contributed by atoms with Crippen molar-refractivity contribution in [3.63, 3.8) is 0 Å². The summed E-state index contributed by atoms with van der Waals surface area (Å²) in [6, 6.07) is 15.5. The molecule has 1 amide bonds. The lowest BCUT2D eigenvalue weighted by molar-refractivity contribution is -0.143. The Morgan fingerprint density at radius 2 is 1.67 bits per heavy atom. The maximum absolute atomic E-state index is 12.6. The van der Waals surface area contributed by atoms with Crippen molar-refractivity contribution in [2.24, 2.45) is 5.92 Å². The summed E-state index contributed by atoms with van der Waals surface area (Å²) >= 11 is 0. The second-order valence-electron chi connectivity index (χ2n) is 7.24. The van der Waals surface area contributed by atoms with Gasteiger partial charge in [0.1, 0.15) is 12.6 Å². The molecule has 5 nitrogen and oxygen atoms in total. The van der Waals surface area contributed by atoms with Crippen molar-refractivity contribution in [1.82, 2.24) is 4.90 Å². The fourth-order valence-corrected chi connectivity index (χ4v) is 4.50. The van der Waals surface area contributed by atoms with Gasteiger partial charge >= 0.3 is 12.1 Å². The fraction of sp³-hybridized carbons (Fsp3) is 0.364. The Bertz CT molecular complexity index is 833. The third-order valence-electron chi connectivity index (χ3n) is 5.87. The van der Waals surface area contributed by atoms with Gasteiger partial charge in [-0.25, -0.2) is 9.59 Å². The molecular formula is C22H23NO4. The average molecular weight is 365 g/mol. The lowest BCUT2D eigenvalue weighted by atomic mass is 9.98. The zero-order valence-electron chi connectivity index (χ0n) is 15.3. The van der Waals surface area contributed by atoms with Crippen LogP contribution in [0, 0.1) is 5.92 Å².